The lowest BCUT2D eigenvalue weighted by Gasteiger charge is -2.22. The van der Waals surface area contributed by atoms with E-state index in [-0.39, 0.29) is 32.4 Å². The average Bonchev–Trinajstić information content (AvgIpc) is 2.47. The Morgan fingerprint density at radius 3 is 2.41 bits per heavy atom. The van der Waals surface area contributed by atoms with Crippen LogP contribution in [-0.4, -0.2) is 14.7 Å². The molecule has 0 bridgehead atoms. The predicted octanol–water partition coefficient (Wildman–Crippen LogP) is 3.35. The lowest BCUT2D eigenvalue weighted by atomic mass is 9.87. The van der Waals surface area contributed by atoms with Gasteiger partial charge in [0.15, 0.2) is 0 Å². The number of nitrogens with zero attached hydrogens (tertiary/aromatic N) is 1. The highest BCUT2D eigenvalue weighted by atomic mass is 28.2. The molecule has 2 aromatic carbocycles. The molecule has 0 atom stereocenters. The smallest absolute Gasteiger partial charge is 0.274 e. The Bertz CT molecular complexity index is 665. The summed E-state index contributed by atoms with van der Waals surface area (Å²) in [4.78, 5) is 10.6. The summed E-state index contributed by atoms with van der Waals surface area (Å²) in [7, 11) is 0.170. The molecule has 0 N–H and O–H groups in total. The number of para-hydroxylation sites is 1. The zero-order chi connectivity index (χ0) is 16.2. The van der Waals surface area contributed by atoms with E-state index in [0.717, 1.165) is 5.19 Å². The second kappa shape index (κ2) is 6.85. The second-order valence-corrected chi connectivity index (χ2v) is 7.10. The quantitative estimate of drug-likeness (QED) is 0.483. The van der Waals surface area contributed by atoms with E-state index in [4.69, 9.17) is 4.43 Å². The van der Waals surface area contributed by atoms with E-state index in [2.05, 4.69) is 32.9 Å². The van der Waals surface area contributed by atoms with Gasteiger partial charge in [-0.05, 0) is 22.2 Å². The van der Waals surface area contributed by atoms with Crippen LogP contribution in [0.15, 0.2) is 48.5 Å². The molecule has 0 spiro atoms. The van der Waals surface area contributed by atoms with Gasteiger partial charge in [-0.1, -0.05) is 57.2 Å². The molecule has 2 aromatic rings. The fraction of sp³-hybridized carbons (Fsp3) is 0.294. The molecule has 0 amide bonds. The molecular formula is C17H19NO3Si. The molecule has 2 radical (unpaired) electrons. The maximum Gasteiger partial charge on any atom is 0.274 e. The van der Waals surface area contributed by atoms with E-state index in [1.54, 1.807) is 18.2 Å². The molecule has 0 fully saturated rings. The normalized spacial score (nSPS) is 11.4. The summed E-state index contributed by atoms with van der Waals surface area (Å²) < 4.78 is 5.76. The van der Waals surface area contributed by atoms with Crippen molar-refractivity contribution in [3.63, 3.8) is 0 Å². The molecule has 0 aromatic heterocycles. The fourth-order valence-corrected chi connectivity index (χ4v) is 3.34. The van der Waals surface area contributed by atoms with Crippen molar-refractivity contribution in [1.82, 2.24) is 0 Å². The van der Waals surface area contributed by atoms with Gasteiger partial charge in [0.25, 0.3) is 15.5 Å². The van der Waals surface area contributed by atoms with Crippen LogP contribution in [0.4, 0.5) is 5.69 Å². The first kappa shape index (κ1) is 16.4. The molecule has 0 unspecified atom stereocenters. The van der Waals surface area contributed by atoms with E-state index < -0.39 is 0 Å². The monoisotopic (exact) mass is 313 g/mol. The van der Waals surface area contributed by atoms with Crippen LogP contribution in [-0.2, 0) is 16.4 Å². The number of hydrogen-bond acceptors (Lipinski definition) is 3. The van der Waals surface area contributed by atoms with Crippen LogP contribution in [0, 0.1) is 10.1 Å². The van der Waals surface area contributed by atoms with Crippen molar-refractivity contribution in [3.8, 4) is 0 Å². The third-order valence-corrected chi connectivity index (χ3v) is 4.28. The molecule has 114 valence electrons. The fourth-order valence-electron chi connectivity index (χ4n) is 2.23. The van der Waals surface area contributed by atoms with Gasteiger partial charge in [-0.2, -0.15) is 0 Å². The van der Waals surface area contributed by atoms with Crippen LogP contribution in [0.3, 0.4) is 0 Å². The van der Waals surface area contributed by atoms with Crippen LogP contribution in [0.25, 0.3) is 0 Å². The minimum absolute atomic E-state index is 0.0473. The third kappa shape index (κ3) is 4.02. The van der Waals surface area contributed by atoms with Gasteiger partial charge in [0.05, 0.1) is 17.1 Å². The molecule has 0 aliphatic heterocycles. The molecule has 0 saturated heterocycles. The Hall–Kier alpha value is -1.98. The molecule has 5 heteroatoms. The Morgan fingerprint density at radius 1 is 1.09 bits per heavy atom. The Kier molecular flexibility index (Phi) is 5.10. The van der Waals surface area contributed by atoms with Gasteiger partial charge in [0.2, 0.25) is 0 Å². The van der Waals surface area contributed by atoms with Crippen molar-refractivity contribution < 1.29 is 9.35 Å². The molecule has 0 aliphatic rings. The molecule has 22 heavy (non-hydrogen) atoms. The van der Waals surface area contributed by atoms with Gasteiger partial charge in [0, 0.05) is 6.07 Å². The van der Waals surface area contributed by atoms with Gasteiger partial charge < -0.3 is 4.43 Å². The molecule has 0 saturated carbocycles. The first-order valence-corrected chi connectivity index (χ1v) is 8.00. The number of benzene rings is 2. The lowest BCUT2D eigenvalue weighted by molar-refractivity contribution is -0.385. The Balaban J connectivity index is 2.08. The zero-order valence-electron chi connectivity index (χ0n) is 13.0. The van der Waals surface area contributed by atoms with Crippen LogP contribution in [0.5, 0.6) is 0 Å². The van der Waals surface area contributed by atoms with Crippen molar-refractivity contribution in [3.05, 3.63) is 69.8 Å². The first-order chi connectivity index (χ1) is 10.4. The van der Waals surface area contributed by atoms with Crippen molar-refractivity contribution in [2.24, 2.45) is 0 Å². The van der Waals surface area contributed by atoms with Gasteiger partial charge in [0.1, 0.15) is 0 Å². The Labute approximate surface area is 133 Å². The summed E-state index contributed by atoms with van der Waals surface area (Å²) in [5.74, 6) is 0. The van der Waals surface area contributed by atoms with Crippen LogP contribution >= 0.6 is 0 Å². The highest BCUT2D eigenvalue weighted by molar-refractivity contribution is 6.47. The van der Waals surface area contributed by atoms with Gasteiger partial charge in [-0.15, -0.1) is 0 Å². The second-order valence-electron chi connectivity index (χ2n) is 6.07. The van der Waals surface area contributed by atoms with Gasteiger partial charge >= 0.3 is 0 Å². The summed E-state index contributed by atoms with van der Waals surface area (Å²) in [6, 6.07) is 14.9. The molecular weight excluding hydrogens is 294 g/mol. The minimum atomic E-state index is -0.370. The van der Waals surface area contributed by atoms with Crippen molar-refractivity contribution in [2.75, 3.05) is 0 Å². The maximum atomic E-state index is 11.0. The summed E-state index contributed by atoms with van der Waals surface area (Å²) >= 11 is 0. The molecule has 2 rings (SSSR count). The highest BCUT2D eigenvalue weighted by Gasteiger charge is 2.18. The molecule has 0 aliphatic carbocycles. The first-order valence-electron chi connectivity index (χ1n) is 7.09. The van der Waals surface area contributed by atoms with Gasteiger partial charge in [-0.25, -0.2) is 0 Å². The number of hydrogen-bond donors (Lipinski definition) is 0. The van der Waals surface area contributed by atoms with Crippen LogP contribution < -0.4 is 5.19 Å². The summed E-state index contributed by atoms with van der Waals surface area (Å²) in [5, 5.41) is 12.1. The van der Waals surface area contributed by atoms with E-state index in [9.17, 15) is 10.1 Å². The van der Waals surface area contributed by atoms with Crippen molar-refractivity contribution in [2.45, 2.75) is 32.8 Å². The molecule has 0 heterocycles. The van der Waals surface area contributed by atoms with Crippen LogP contribution in [0.1, 0.15) is 31.9 Å². The summed E-state index contributed by atoms with van der Waals surface area (Å²) in [6.45, 7) is 6.74. The SMILES string of the molecule is CC(C)(C)c1ccccc1[Si]OCc1ccccc1[N+](=O)[O-]. The average molecular weight is 313 g/mol. The van der Waals surface area contributed by atoms with Gasteiger partial charge in [-0.3, -0.25) is 10.1 Å². The van der Waals surface area contributed by atoms with Crippen molar-refractivity contribution >= 4 is 20.6 Å². The number of nitro benzene ring substituents is 1. The minimum Gasteiger partial charge on any atom is -0.407 e. The van der Waals surface area contributed by atoms with Crippen LogP contribution in [0.2, 0.25) is 0 Å². The van der Waals surface area contributed by atoms with Crippen molar-refractivity contribution in [1.29, 1.82) is 0 Å². The topological polar surface area (TPSA) is 52.4 Å². The Morgan fingerprint density at radius 2 is 1.73 bits per heavy atom. The summed E-state index contributed by atoms with van der Waals surface area (Å²) in [6.07, 6.45) is 0. The predicted molar refractivity (Wildman–Crippen MR) is 88.4 cm³/mol. The maximum absolute atomic E-state index is 11.0. The van der Waals surface area contributed by atoms with E-state index in [0.29, 0.717) is 5.56 Å². The largest absolute Gasteiger partial charge is 0.407 e. The zero-order valence-corrected chi connectivity index (χ0v) is 14.0. The standard InChI is InChI=1S/C17H19NO3Si/c1-17(2,3)14-9-5-7-11-16(14)22-21-12-13-8-4-6-10-15(13)18(19)20/h4-11H,12H2,1-3H3. The number of rotatable bonds is 5. The van der Waals surface area contributed by atoms with E-state index in [1.165, 1.54) is 11.6 Å². The lowest BCUT2D eigenvalue weighted by Crippen LogP contribution is -2.28. The molecule has 4 nitrogen and oxygen atoms in total. The van der Waals surface area contributed by atoms with E-state index >= 15 is 0 Å². The third-order valence-electron chi connectivity index (χ3n) is 3.33. The van der Waals surface area contributed by atoms with E-state index in [1.807, 2.05) is 12.1 Å². The number of nitro groups is 1. The highest BCUT2D eigenvalue weighted by Crippen LogP contribution is 2.20. The summed E-state index contributed by atoms with van der Waals surface area (Å²) in [5.41, 5.74) is 2.01.